The number of rotatable bonds is 8. The fourth-order valence-corrected chi connectivity index (χ4v) is 2.52. The highest BCUT2D eigenvalue weighted by atomic mass is 127. The van der Waals surface area contributed by atoms with Crippen molar-refractivity contribution >= 4 is 29.9 Å². The molecule has 3 rings (SSSR count). The minimum absolute atomic E-state index is 0. The predicted molar refractivity (Wildman–Crippen MR) is 123 cm³/mol. The molecule has 154 valence electrons. The number of ether oxygens (including phenoxy) is 1. The quantitative estimate of drug-likeness (QED) is 0.272. The Kier molecular flexibility index (Phi) is 9.42. The molecule has 0 atom stereocenters. The third-order valence-corrected chi connectivity index (χ3v) is 3.93. The van der Waals surface area contributed by atoms with Gasteiger partial charge in [0, 0.05) is 44.3 Å². The lowest BCUT2D eigenvalue weighted by Crippen LogP contribution is -2.38. The van der Waals surface area contributed by atoms with Gasteiger partial charge in [-0.15, -0.1) is 24.0 Å². The summed E-state index contributed by atoms with van der Waals surface area (Å²) in [5.74, 6) is 1.46. The van der Waals surface area contributed by atoms with E-state index < -0.39 is 0 Å². The molecule has 0 saturated heterocycles. The maximum atomic E-state index is 12.9. The van der Waals surface area contributed by atoms with E-state index >= 15 is 0 Å². The van der Waals surface area contributed by atoms with Crippen molar-refractivity contribution in [2.75, 3.05) is 13.1 Å². The molecule has 0 radical (unpaired) electrons. The van der Waals surface area contributed by atoms with Gasteiger partial charge in [-0.2, -0.15) is 0 Å². The lowest BCUT2D eigenvalue weighted by molar-refractivity contribution is 0.461. The largest absolute Gasteiger partial charge is 0.439 e. The number of benzene rings is 1. The van der Waals surface area contributed by atoms with Gasteiger partial charge in [-0.3, -0.25) is 0 Å². The van der Waals surface area contributed by atoms with Crippen molar-refractivity contribution in [3.63, 3.8) is 0 Å². The van der Waals surface area contributed by atoms with Crippen molar-refractivity contribution < 1.29 is 9.13 Å². The second-order valence-corrected chi connectivity index (χ2v) is 6.10. The SMILES string of the molecule is CCNC(=NCc1ccc(Oc2ccc(F)cc2)nc1)NCCn1cccc1.I. The van der Waals surface area contributed by atoms with Crippen LogP contribution in [0, 0.1) is 5.82 Å². The predicted octanol–water partition coefficient (Wildman–Crippen LogP) is 4.19. The van der Waals surface area contributed by atoms with Crippen LogP contribution in [0.5, 0.6) is 11.6 Å². The monoisotopic (exact) mass is 509 g/mol. The summed E-state index contributed by atoms with van der Waals surface area (Å²) in [6.07, 6.45) is 5.80. The maximum absolute atomic E-state index is 12.9. The second kappa shape index (κ2) is 12.1. The van der Waals surface area contributed by atoms with Crippen LogP contribution in [0.25, 0.3) is 0 Å². The van der Waals surface area contributed by atoms with Gasteiger partial charge in [0.2, 0.25) is 5.88 Å². The Morgan fingerprint density at radius 2 is 1.86 bits per heavy atom. The van der Waals surface area contributed by atoms with Crippen LogP contribution < -0.4 is 15.4 Å². The molecule has 0 aliphatic rings. The van der Waals surface area contributed by atoms with E-state index in [1.54, 1.807) is 24.4 Å². The highest BCUT2D eigenvalue weighted by Gasteiger charge is 2.01. The first-order valence-electron chi connectivity index (χ1n) is 9.24. The Hall–Kier alpha value is -2.62. The van der Waals surface area contributed by atoms with E-state index in [1.807, 2.05) is 37.5 Å². The van der Waals surface area contributed by atoms with Gasteiger partial charge in [0.15, 0.2) is 5.96 Å². The van der Waals surface area contributed by atoms with Gasteiger partial charge in [-0.1, -0.05) is 6.07 Å². The molecule has 0 aliphatic carbocycles. The van der Waals surface area contributed by atoms with Crippen LogP contribution in [0.3, 0.4) is 0 Å². The second-order valence-electron chi connectivity index (χ2n) is 6.10. The molecule has 0 bridgehead atoms. The van der Waals surface area contributed by atoms with Gasteiger partial charge >= 0.3 is 0 Å². The van der Waals surface area contributed by atoms with Crippen LogP contribution in [0.1, 0.15) is 12.5 Å². The summed E-state index contributed by atoms with van der Waals surface area (Å²) in [5.41, 5.74) is 0.967. The first-order valence-corrected chi connectivity index (χ1v) is 9.24. The molecule has 8 heteroatoms. The smallest absolute Gasteiger partial charge is 0.219 e. The molecule has 0 saturated carbocycles. The van der Waals surface area contributed by atoms with Crippen LogP contribution in [0.15, 0.2) is 72.1 Å². The average Bonchev–Trinajstić information content (AvgIpc) is 3.22. The van der Waals surface area contributed by atoms with Crippen molar-refractivity contribution in [1.82, 2.24) is 20.2 Å². The van der Waals surface area contributed by atoms with Crippen LogP contribution in [-0.2, 0) is 13.1 Å². The highest BCUT2D eigenvalue weighted by molar-refractivity contribution is 14.0. The Balaban J connectivity index is 0.00000300. The van der Waals surface area contributed by atoms with E-state index in [1.165, 1.54) is 12.1 Å². The van der Waals surface area contributed by atoms with Crippen LogP contribution >= 0.6 is 24.0 Å². The zero-order valence-electron chi connectivity index (χ0n) is 16.2. The van der Waals surface area contributed by atoms with E-state index in [0.717, 1.165) is 31.2 Å². The zero-order valence-corrected chi connectivity index (χ0v) is 18.5. The molecule has 2 N–H and O–H groups in total. The number of nitrogens with one attached hydrogen (secondary N) is 2. The van der Waals surface area contributed by atoms with Gasteiger partial charge < -0.3 is 19.9 Å². The van der Waals surface area contributed by atoms with Gasteiger partial charge in [0.1, 0.15) is 11.6 Å². The summed E-state index contributed by atoms with van der Waals surface area (Å²) < 4.78 is 20.6. The normalized spacial score (nSPS) is 10.9. The molecule has 3 aromatic rings. The van der Waals surface area contributed by atoms with Crippen molar-refractivity contribution in [2.45, 2.75) is 20.0 Å². The molecule has 0 amide bonds. The summed E-state index contributed by atoms with van der Waals surface area (Å²) in [6.45, 7) is 4.98. The maximum Gasteiger partial charge on any atom is 0.219 e. The lowest BCUT2D eigenvalue weighted by Gasteiger charge is -2.12. The fourth-order valence-electron chi connectivity index (χ4n) is 2.52. The molecule has 0 fully saturated rings. The van der Waals surface area contributed by atoms with Crippen molar-refractivity contribution in [3.8, 4) is 11.6 Å². The molecule has 6 nitrogen and oxygen atoms in total. The van der Waals surface area contributed by atoms with E-state index in [4.69, 9.17) is 4.74 Å². The molecule has 0 aliphatic heterocycles. The Morgan fingerprint density at radius 3 is 2.52 bits per heavy atom. The minimum atomic E-state index is -0.299. The van der Waals surface area contributed by atoms with E-state index in [9.17, 15) is 4.39 Å². The number of aliphatic imine (C=N–C) groups is 1. The fraction of sp³-hybridized carbons (Fsp3) is 0.238. The van der Waals surface area contributed by atoms with Crippen LogP contribution in [0.4, 0.5) is 4.39 Å². The molecule has 1 aromatic carbocycles. The van der Waals surface area contributed by atoms with Crippen LogP contribution in [-0.4, -0.2) is 28.6 Å². The molecule has 0 unspecified atom stereocenters. The summed E-state index contributed by atoms with van der Waals surface area (Å²) >= 11 is 0. The standard InChI is InChI=1S/C21H24FN5O.HI/c1-2-23-21(24-11-14-27-12-3-4-13-27)26-16-17-5-10-20(25-15-17)28-19-8-6-18(22)7-9-19;/h3-10,12-13,15H,2,11,14,16H2,1H3,(H2,23,24,26);1H. The Labute approximate surface area is 187 Å². The summed E-state index contributed by atoms with van der Waals surface area (Å²) in [7, 11) is 0. The van der Waals surface area contributed by atoms with E-state index in [-0.39, 0.29) is 29.8 Å². The lowest BCUT2D eigenvalue weighted by atomic mass is 10.3. The number of nitrogens with zero attached hydrogens (tertiary/aromatic N) is 3. The third-order valence-electron chi connectivity index (χ3n) is 3.93. The highest BCUT2D eigenvalue weighted by Crippen LogP contribution is 2.19. The number of guanidine groups is 1. The number of hydrogen-bond acceptors (Lipinski definition) is 3. The van der Waals surface area contributed by atoms with Crippen molar-refractivity contribution in [1.29, 1.82) is 0 Å². The van der Waals surface area contributed by atoms with Crippen LogP contribution in [0.2, 0.25) is 0 Å². The van der Waals surface area contributed by atoms with Gasteiger partial charge in [-0.05, 0) is 48.9 Å². The molecule has 2 aromatic heterocycles. The number of hydrogen-bond donors (Lipinski definition) is 2. The molecule has 0 spiro atoms. The van der Waals surface area contributed by atoms with E-state index in [2.05, 4.69) is 25.2 Å². The summed E-state index contributed by atoms with van der Waals surface area (Å²) in [5, 5.41) is 6.56. The number of pyridine rings is 1. The average molecular weight is 509 g/mol. The topological polar surface area (TPSA) is 63.5 Å². The van der Waals surface area contributed by atoms with Gasteiger partial charge in [0.25, 0.3) is 0 Å². The first kappa shape index (κ1) is 22.7. The van der Waals surface area contributed by atoms with Gasteiger partial charge in [0.05, 0.1) is 6.54 Å². The molecular formula is C21H25FIN5O. The summed E-state index contributed by atoms with van der Waals surface area (Å²) in [6, 6.07) is 13.5. The number of aromatic nitrogens is 2. The zero-order chi connectivity index (χ0) is 19.6. The van der Waals surface area contributed by atoms with Crippen molar-refractivity contribution in [2.24, 2.45) is 4.99 Å². The molecule has 2 heterocycles. The minimum Gasteiger partial charge on any atom is -0.439 e. The molecule has 29 heavy (non-hydrogen) atoms. The van der Waals surface area contributed by atoms with E-state index in [0.29, 0.717) is 18.2 Å². The number of halogens is 2. The van der Waals surface area contributed by atoms with Crippen molar-refractivity contribution in [3.05, 3.63) is 78.5 Å². The summed E-state index contributed by atoms with van der Waals surface area (Å²) in [4.78, 5) is 8.88. The first-order chi connectivity index (χ1) is 13.7. The Bertz CT molecular complexity index is 867. The Morgan fingerprint density at radius 1 is 1.10 bits per heavy atom. The van der Waals surface area contributed by atoms with Gasteiger partial charge in [-0.25, -0.2) is 14.4 Å². The molecular weight excluding hydrogens is 484 g/mol. The third kappa shape index (κ3) is 7.72.